The Kier molecular flexibility index (Phi) is 8.99. The van der Waals surface area contributed by atoms with Crippen LogP contribution in [0.15, 0.2) is 175 Å². The van der Waals surface area contributed by atoms with Crippen molar-refractivity contribution in [2.75, 3.05) is 4.90 Å². The van der Waals surface area contributed by atoms with Crippen molar-refractivity contribution in [3.8, 4) is 0 Å². The Bertz CT molecular complexity index is 2480. The van der Waals surface area contributed by atoms with Gasteiger partial charge in [-0.15, -0.1) is 0 Å². The van der Waals surface area contributed by atoms with Gasteiger partial charge in [-0.1, -0.05) is 141 Å². The molecule has 2 heteroatoms. The summed E-state index contributed by atoms with van der Waals surface area (Å²) in [6.07, 6.45) is 13.6. The first-order valence-corrected chi connectivity index (χ1v) is 18.3. The van der Waals surface area contributed by atoms with Crippen molar-refractivity contribution >= 4 is 55.5 Å². The molecule has 7 aromatic rings. The molecule has 51 heavy (non-hydrogen) atoms. The molecular weight excluding hydrogens is 617 g/mol. The van der Waals surface area contributed by atoms with Crippen LogP contribution in [0.1, 0.15) is 43.7 Å². The molecule has 0 aliphatic heterocycles. The molecule has 1 aromatic heterocycles. The predicted molar refractivity (Wildman–Crippen MR) is 220 cm³/mol. The van der Waals surface area contributed by atoms with Gasteiger partial charge < -0.3 is 9.47 Å². The third kappa shape index (κ3) is 6.12. The second kappa shape index (κ2) is 14.2. The number of para-hydroxylation sites is 2. The van der Waals surface area contributed by atoms with Crippen molar-refractivity contribution in [3.63, 3.8) is 0 Å². The standard InChI is InChI=1S/C49H44N2/c1-4-5-34-50-45(44-26-14-19-38-20-15-27-46(50)48(38)44)33-32-40-31-30-39(29-28-35(2)43-25-13-18-37-17-12-16-36(3)47(37)43)49(40)51(41-21-8-6-9-22-41)42-23-10-7-11-24-42/h6-29,32-33H,2,4-5,30-31,34H2,1,3H3/b29-28+,40-32+,45-33+. The molecule has 0 unspecified atom stereocenters. The molecule has 0 spiro atoms. The van der Waals surface area contributed by atoms with Gasteiger partial charge in [0.15, 0.2) is 0 Å². The number of benzene rings is 6. The Labute approximate surface area is 301 Å². The number of anilines is 2. The molecule has 6 aromatic carbocycles. The molecule has 1 aliphatic carbocycles. The van der Waals surface area contributed by atoms with Crippen molar-refractivity contribution in [1.82, 2.24) is 4.57 Å². The van der Waals surface area contributed by atoms with Gasteiger partial charge in [-0.25, -0.2) is 0 Å². The Morgan fingerprint density at radius 3 is 2.06 bits per heavy atom. The van der Waals surface area contributed by atoms with Crippen molar-refractivity contribution in [2.45, 2.75) is 46.1 Å². The highest BCUT2D eigenvalue weighted by molar-refractivity contribution is 6.10. The fourth-order valence-electron chi connectivity index (χ4n) is 7.92. The zero-order valence-electron chi connectivity index (χ0n) is 29.6. The molecular formula is C49H44N2. The summed E-state index contributed by atoms with van der Waals surface area (Å²) in [5, 5.41) is 7.80. The molecule has 250 valence electrons. The second-order valence-electron chi connectivity index (χ2n) is 13.6. The lowest BCUT2D eigenvalue weighted by atomic mass is 9.95. The second-order valence-corrected chi connectivity index (χ2v) is 13.6. The number of fused-ring (bicyclic) bond motifs is 1. The largest absolute Gasteiger partial charge is 0.340 e. The molecule has 0 N–H and O–H groups in total. The third-order valence-electron chi connectivity index (χ3n) is 10.4. The van der Waals surface area contributed by atoms with Crippen LogP contribution in [0.5, 0.6) is 0 Å². The van der Waals surface area contributed by atoms with E-state index in [0.29, 0.717) is 0 Å². The van der Waals surface area contributed by atoms with Gasteiger partial charge in [0.1, 0.15) is 0 Å². The number of hydrogen-bond acceptors (Lipinski definition) is 1. The van der Waals surface area contributed by atoms with Crippen molar-refractivity contribution in [2.24, 2.45) is 0 Å². The van der Waals surface area contributed by atoms with E-state index >= 15 is 0 Å². The van der Waals surface area contributed by atoms with Crippen LogP contribution in [0.4, 0.5) is 11.4 Å². The van der Waals surface area contributed by atoms with Gasteiger partial charge in [0.05, 0.1) is 5.70 Å². The van der Waals surface area contributed by atoms with E-state index < -0.39 is 0 Å². The quantitative estimate of drug-likeness (QED) is 0.133. The van der Waals surface area contributed by atoms with Crippen molar-refractivity contribution in [1.29, 1.82) is 0 Å². The molecule has 0 atom stereocenters. The summed E-state index contributed by atoms with van der Waals surface area (Å²) in [5.74, 6) is 0. The third-order valence-corrected chi connectivity index (χ3v) is 10.4. The van der Waals surface area contributed by atoms with Crippen LogP contribution in [0.3, 0.4) is 0 Å². The number of aryl methyl sites for hydroxylation is 2. The van der Waals surface area contributed by atoms with E-state index in [2.05, 4.69) is 188 Å². The molecule has 0 fully saturated rings. The Morgan fingerprint density at radius 1 is 0.706 bits per heavy atom. The van der Waals surface area contributed by atoms with E-state index in [0.717, 1.165) is 49.2 Å². The fourth-order valence-corrected chi connectivity index (χ4v) is 7.92. The van der Waals surface area contributed by atoms with Gasteiger partial charge in [0, 0.05) is 39.6 Å². The lowest BCUT2D eigenvalue weighted by molar-refractivity contribution is 0.640. The number of hydrogen-bond donors (Lipinski definition) is 0. The Morgan fingerprint density at radius 2 is 1.35 bits per heavy atom. The molecule has 2 nitrogen and oxygen atoms in total. The van der Waals surface area contributed by atoms with Gasteiger partial charge in [-0.3, -0.25) is 0 Å². The van der Waals surface area contributed by atoms with E-state index in [4.69, 9.17) is 0 Å². The van der Waals surface area contributed by atoms with Crippen LogP contribution in [0.25, 0.3) is 44.1 Å². The SMILES string of the molecule is C=C(/C=C/C1=C(N(c2ccccc2)c2ccccc2)C(=C/C=c2\c3cccc4cccc(c43)n2CCCC)/CC1)c1cccc2cccc(C)c12. The van der Waals surface area contributed by atoms with Crippen LogP contribution in [-0.4, -0.2) is 4.57 Å². The van der Waals surface area contributed by atoms with E-state index in [1.807, 2.05) is 0 Å². The Hall–Kier alpha value is -5.86. The number of allylic oxidation sites excluding steroid dienone is 6. The fraction of sp³-hybridized carbons (Fsp3) is 0.143. The average Bonchev–Trinajstić information content (AvgIpc) is 3.71. The maximum absolute atomic E-state index is 4.59. The molecule has 0 amide bonds. The van der Waals surface area contributed by atoms with Crippen LogP contribution >= 0.6 is 0 Å². The minimum atomic E-state index is 0.953. The summed E-state index contributed by atoms with van der Waals surface area (Å²) in [6, 6.07) is 48.1. The normalized spacial score (nSPS) is 14.6. The van der Waals surface area contributed by atoms with E-state index in [-0.39, 0.29) is 0 Å². The first-order chi connectivity index (χ1) is 25.1. The van der Waals surface area contributed by atoms with Gasteiger partial charge >= 0.3 is 0 Å². The lowest BCUT2D eigenvalue weighted by Crippen LogP contribution is -2.18. The topological polar surface area (TPSA) is 8.17 Å². The molecule has 0 radical (unpaired) electrons. The van der Waals surface area contributed by atoms with E-state index in [9.17, 15) is 0 Å². The van der Waals surface area contributed by atoms with Gasteiger partial charge in [0.25, 0.3) is 0 Å². The predicted octanol–water partition coefficient (Wildman–Crippen LogP) is 12.6. The molecule has 8 rings (SSSR count). The molecule has 1 heterocycles. The number of rotatable bonds is 10. The molecule has 0 saturated carbocycles. The van der Waals surface area contributed by atoms with E-state index in [1.165, 1.54) is 65.8 Å². The summed E-state index contributed by atoms with van der Waals surface area (Å²) in [4.78, 5) is 2.45. The first-order valence-electron chi connectivity index (χ1n) is 18.3. The van der Waals surface area contributed by atoms with E-state index in [1.54, 1.807) is 0 Å². The highest BCUT2D eigenvalue weighted by Gasteiger charge is 2.26. The minimum absolute atomic E-state index is 0.953. The summed E-state index contributed by atoms with van der Waals surface area (Å²) in [7, 11) is 0. The zero-order chi connectivity index (χ0) is 34.7. The maximum Gasteiger partial charge on any atom is 0.0525 e. The minimum Gasteiger partial charge on any atom is -0.340 e. The Balaban J connectivity index is 1.31. The lowest BCUT2D eigenvalue weighted by Gasteiger charge is -2.28. The van der Waals surface area contributed by atoms with Crippen molar-refractivity contribution in [3.05, 3.63) is 192 Å². The molecule has 0 bridgehead atoms. The molecule has 0 saturated heterocycles. The van der Waals surface area contributed by atoms with Crippen LogP contribution in [0.2, 0.25) is 0 Å². The van der Waals surface area contributed by atoms with Crippen LogP contribution in [-0.2, 0) is 6.54 Å². The average molecular weight is 661 g/mol. The van der Waals surface area contributed by atoms with Gasteiger partial charge in [-0.2, -0.15) is 0 Å². The monoisotopic (exact) mass is 660 g/mol. The van der Waals surface area contributed by atoms with Crippen molar-refractivity contribution < 1.29 is 0 Å². The smallest absolute Gasteiger partial charge is 0.0525 e. The first kappa shape index (κ1) is 32.4. The summed E-state index contributed by atoms with van der Waals surface area (Å²) < 4.78 is 2.54. The zero-order valence-corrected chi connectivity index (χ0v) is 29.6. The molecule has 1 aliphatic rings. The van der Waals surface area contributed by atoms with Gasteiger partial charge in [0.2, 0.25) is 0 Å². The summed E-state index contributed by atoms with van der Waals surface area (Å²) in [6.45, 7) is 10.1. The van der Waals surface area contributed by atoms with Crippen LogP contribution in [0, 0.1) is 6.92 Å². The highest BCUT2D eigenvalue weighted by atomic mass is 15.2. The van der Waals surface area contributed by atoms with Crippen LogP contribution < -0.4 is 10.2 Å². The number of unbranched alkanes of at least 4 members (excludes halogenated alkanes) is 1. The van der Waals surface area contributed by atoms with Gasteiger partial charge in [-0.05, 0) is 107 Å². The maximum atomic E-state index is 4.59. The number of aromatic nitrogens is 1. The summed E-state index contributed by atoms with van der Waals surface area (Å²) in [5.41, 5.74) is 11.0. The summed E-state index contributed by atoms with van der Waals surface area (Å²) >= 11 is 0. The number of nitrogens with zero attached hydrogens (tertiary/aromatic N) is 2. The highest BCUT2D eigenvalue weighted by Crippen LogP contribution is 2.42.